The van der Waals surface area contributed by atoms with Crippen LogP contribution in [-0.2, 0) is 28.5 Å². The molecule has 0 aromatic heterocycles. The van der Waals surface area contributed by atoms with Crippen molar-refractivity contribution < 1.29 is 38.7 Å². The van der Waals surface area contributed by atoms with Gasteiger partial charge in [0, 0.05) is 30.3 Å². The molecule has 230 valence electrons. The lowest BCUT2D eigenvalue weighted by Gasteiger charge is -2.47. The molecule has 11 nitrogen and oxygen atoms in total. The largest absolute Gasteiger partial charge is 0.459 e. The number of carbonyl (C=O) groups excluding carboxylic acids is 1. The Labute approximate surface area is 238 Å². The zero-order valence-electron chi connectivity index (χ0n) is 25.5. The van der Waals surface area contributed by atoms with Crippen molar-refractivity contribution >= 4 is 5.97 Å². The minimum atomic E-state index is -1.07. The number of nitrogens with one attached hydrogen (secondary N) is 2. The number of rotatable bonds is 4. The second kappa shape index (κ2) is 10.7. The Balaban J connectivity index is 1.57. The minimum Gasteiger partial charge on any atom is -0.459 e. The summed E-state index contributed by atoms with van der Waals surface area (Å²) in [5, 5.41) is 22.9. The van der Waals surface area contributed by atoms with Crippen molar-refractivity contribution in [3.8, 4) is 0 Å². The molecular formula is C29H51N3O8. The highest BCUT2D eigenvalue weighted by molar-refractivity contribution is 5.73. The van der Waals surface area contributed by atoms with Crippen LogP contribution in [0.3, 0.4) is 0 Å². The van der Waals surface area contributed by atoms with Gasteiger partial charge in [-0.1, -0.05) is 20.8 Å². The molecule has 0 saturated carbocycles. The number of hydrazine groups is 1. The van der Waals surface area contributed by atoms with E-state index in [4.69, 9.17) is 23.7 Å². The summed E-state index contributed by atoms with van der Waals surface area (Å²) in [4.78, 5) is 15.5. The van der Waals surface area contributed by atoms with Crippen LogP contribution in [0.2, 0.25) is 0 Å². The Hall–Kier alpha value is -0.890. The Bertz CT molecular complexity index is 956. The van der Waals surface area contributed by atoms with E-state index in [0.29, 0.717) is 25.8 Å². The van der Waals surface area contributed by atoms with Gasteiger partial charge >= 0.3 is 5.97 Å². The topological polar surface area (TPSA) is 131 Å². The average molecular weight is 570 g/mol. The van der Waals surface area contributed by atoms with Gasteiger partial charge < -0.3 is 38.8 Å². The molecule has 40 heavy (non-hydrogen) atoms. The molecule has 5 aliphatic rings. The van der Waals surface area contributed by atoms with Gasteiger partial charge in [0.2, 0.25) is 0 Å². The Morgan fingerprint density at radius 2 is 1.80 bits per heavy atom. The van der Waals surface area contributed by atoms with Crippen molar-refractivity contribution in [2.45, 2.75) is 134 Å². The van der Waals surface area contributed by atoms with Gasteiger partial charge in [0.05, 0.1) is 35.9 Å². The molecule has 4 N–H and O–H groups in total. The summed E-state index contributed by atoms with van der Waals surface area (Å²) in [7, 11) is 3.87. The molecule has 0 radical (unpaired) electrons. The van der Waals surface area contributed by atoms with Crippen LogP contribution in [-0.4, -0.2) is 108 Å². The van der Waals surface area contributed by atoms with Crippen LogP contribution >= 0.6 is 0 Å². The standard InChI is InChI=1S/C29H51N3O8/c1-10-20-28(7)23-18(13-30-31-23)29(40-28)14(2)12-27(6,39-29)24(16(4)21(33)17(5)25(35)37-20)38-26-22(34)19(32(8)9)11-15(3)36-26/h14-24,26,30-31,33-34H,10-13H2,1-9H3/t14-,15-,16+,17-,18?,19+,20-,21+,22-,23?,24-,26?,27?,28?,29?/m1/s1. The summed E-state index contributed by atoms with van der Waals surface area (Å²) in [6, 6.07) is -0.309. The molecule has 0 aromatic rings. The zero-order valence-corrected chi connectivity index (χ0v) is 25.5. The van der Waals surface area contributed by atoms with Gasteiger partial charge in [-0.05, 0) is 61.1 Å². The third kappa shape index (κ3) is 4.64. The first-order chi connectivity index (χ1) is 18.7. The predicted octanol–water partition coefficient (Wildman–Crippen LogP) is 1.16. The normalized spacial score (nSPS) is 55.0. The molecule has 0 amide bonds. The van der Waals surface area contributed by atoms with Gasteiger partial charge in [-0.3, -0.25) is 15.6 Å². The number of aliphatic hydroxyl groups excluding tert-OH is 2. The maximum atomic E-state index is 13.5. The molecule has 5 fully saturated rings. The smallest absolute Gasteiger partial charge is 0.311 e. The van der Waals surface area contributed by atoms with Crippen molar-refractivity contribution in [2.24, 2.45) is 23.7 Å². The van der Waals surface area contributed by atoms with Crippen molar-refractivity contribution in [3.05, 3.63) is 0 Å². The van der Waals surface area contributed by atoms with Crippen molar-refractivity contribution in [2.75, 3.05) is 20.6 Å². The first-order valence-electron chi connectivity index (χ1n) is 15.1. The van der Waals surface area contributed by atoms with Crippen molar-refractivity contribution in [1.29, 1.82) is 0 Å². The highest BCUT2D eigenvalue weighted by Crippen LogP contribution is 2.59. The Kier molecular flexibility index (Phi) is 8.16. The van der Waals surface area contributed by atoms with Crippen LogP contribution in [0.5, 0.6) is 0 Å². The summed E-state index contributed by atoms with van der Waals surface area (Å²) in [6.07, 6.45) is -2.47. The fraction of sp³-hybridized carbons (Fsp3) is 0.966. The summed E-state index contributed by atoms with van der Waals surface area (Å²) < 4.78 is 33.1. The summed E-state index contributed by atoms with van der Waals surface area (Å²) >= 11 is 0. The Morgan fingerprint density at radius 1 is 1.10 bits per heavy atom. The Morgan fingerprint density at radius 3 is 2.45 bits per heavy atom. The molecule has 5 saturated heterocycles. The second-order valence-electron chi connectivity index (χ2n) is 13.7. The summed E-state index contributed by atoms with van der Waals surface area (Å²) in [6.45, 7) is 14.3. The van der Waals surface area contributed by atoms with Gasteiger partial charge in [-0.15, -0.1) is 0 Å². The van der Waals surface area contributed by atoms with E-state index in [0.717, 1.165) is 0 Å². The molecule has 1 spiro atoms. The number of nitrogens with zero attached hydrogens (tertiary/aromatic N) is 1. The molecule has 5 aliphatic heterocycles. The molecule has 15 atom stereocenters. The number of hydrogen-bond acceptors (Lipinski definition) is 11. The lowest BCUT2D eigenvalue weighted by molar-refractivity contribution is -0.338. The van der Waals surface area contributed by atoms with Crippen LogP contribution in [0.4, 0.5) is 0 Å². The number of aliphatic hydroxyl groups is 2. The maximum Gasteiger partial charge on any atom is 0.311 e. The third-order valence-corrected chi connectivity index (χ3v) is 10.6. The zero-order chi connectivity index (χ0) is 29.4. The molecular weight excluding hydrogens is 518 g/mol. The van der Waals surface area contributed by atoms with Crippen LogP contribution < -0.4 is 10.9 Å². The fourth-order valence-corrected chi connectivity index (χ4v) is 8.41. The van der Waals surface area contributed by atoms with E-state index in [9.17, 15) is 15.0 Å². The molecule has 11 heteroatoms. The van der Waals surface area contributed by atoms with E-state index in [1.54, 1.807) is 6.92 Å². The monoisotopic (exact) mass is 569 g/mol. The number of ether oxygens (including phenoxy) is 5. The van der Waals surface area contributed by atoms with Crippen LogP contribution in [0.15, 0.2) is 0 Å². The number of esters is 1. The second-order valence-corrected chi connectivity index (χ2v) is 13.7. The highest BCUT2D eigenvalue weighted by atomic mass is 16.8. The first kappa shape index (κ1) is 30.6. The molecule has 3 bridgehead atoms. The molecule has 5 heterocycles. The van der Waals surface area contributed by atoms with E-state index in [1.165, 1.54) is 0 Å². The van der Waals surface area contributed by atoms with Gasteiger partial charge in [0.15, 0.2) is 12.1 Å². The van der Waals surface area contributed by atoms with Gasteiger partial charge in [-0.2, -0.15) is 0 Å². The van der Waals surface area contributed by atoms with Gasteiger partial charge in [0.25, 0.3) is 0 Å². The highest BCUT2D eigenvalue weighted by Gasteiger charge is 2.73. The van der Waals surface area contributed by atoms with E-state index < -0.39 is 65.5 Å². The average Bonchev–Trinajstić information content (AvgIpc) is 3.55. The van der Waals surface area contributed by atoms with E-state index in [-0.39, 0.29) is 30.0 Å². The first-order valence-corrected chi connectivity index (χ1v) is 15.1. The number of likely N-dealkylation sites (N-methyl/N-ethyl adjacent to an activating group) is 1. The molecule has 5 rings (SSSR count). The predicted molar refractivity (Wildman–Crippen MR) is 146 cm³/mol. The SMILES string of the molecule is CC[C@H]1OC(=O)[C@H](C)[C@@H](O)[C@H](C)[C@@H](OC2O[C@H](C)C[C@H](N(C)C)[C@H]2O)C2(C)C[C@@H](C)C3(O2)OC1(C)C1NNCC13. The van der Waals surface area contributed by atoms with Crippen LogP contribution in [0.25, 0.3) is 0 Å². The van der Waals surface area contributed by atoms with E-state index in [2.05, 4.69) is 17.8 Å². The minimum absolute atomic E-state index is 0.0269. The third-order valence-electron chi connectivity index (χ3n) is 10.6. The number of fused-ring (bicyclic) bond motifs is 4. The van der Waals surface area contributed by atoms with Crippen LogP contribution in [0, 0.1) is 23.7 Å². The van der Waals surface area contributed by atoms with E-state index in [1.807, 2.05) is 53.6 Å². The fourth-order valence-electron chi connectivity index (χ4n) is 8.41. The van der Waals surface area contributed by atoms with Crippen molar-refractivity contribution in [3.63, 3.8) is 0 Å². The molecule has 6 unspecified atom stereocenters. The van der Waals surface area contributed by atoms with Crippen molar-refractivity contribution in [1.82, 2.24) is 15.8 Å². The number of hydrogen-bond donors (Lipinski definition) is 4. The summed E-state index contributed by atoms with van der Waals surface area (Å²) in [5.41, 5.74) is 4.94. The van der Waals surface area contributed by atoms with Gasteiger partial charge in [0.1, 0.15) is 17.8 Å². The molecule has 0 aliphatic carbocycles. The number of cyclic esters (lactones) is 1. The maximum absolute atomic E-state index is 13.5. The summed E-state index contributed by atoms with van der Waals surface area (Å²) in [5.74, 6) is -2.88. The van der Waals surface area contributed by atoms with Crippen LogP contribution in [0.1, 0.15) is 67.7 Å². The lowest BCUT2D eigenvalue weighted by atomic mass is 9.76. The quantitative estimate of drug-likeness (QED) is 0.364. The number of carbonyl (C=O) groups is 1. The van der Waals surface area contributed by atoms with E-state index >= 15 is 0 Å². The molecule has 0 aromatic carbocycles. The lowest BCUT2D eigenvalue weighted by Crippen LogP contribution is -2.60. The van der Waals surface area contributed by atoms with Gasteiger partial charge in [-0.25, -0.2) is 0 Å².